The fourth-order valence-corrected chi connectivity index (χ4v) is 2.58. The van der Waals surface area contributed by atoms with Crippen LogP contribution >= 0.6 is 11.8 Å². The fourth-order valence-electron chi connectivity index (χ4n) is 1.75. The van der Waals surface area contributed by atoms with Gasteiger partial charge in [0.05, 0.1) is 0 Å². The number of aromatic nitrogens is 1. The third-order valence-corrected chi connectivity index (χ3v) is 3.91. The van der Waals surface area contributed by atoms with Crippen molar-refractivity contribution in [3.63, 3.8) is 0 Å². The molecule has 0 saturated carbocycles. The Hall–Kier alpha value is -1.85. The van der Waals surface area contributed by atoms with Crippen LogP contribution in [0, 0.1) is 0 Å². The molecule has 0 aliphatic rings. The summed E-state index contributed by atoms with van der Waals surface area (Å²) in [6.07, 6.45) is 4.46. The van der Waals surface area contributed by atoms with Crippen molar-refractivity contribution < 1.29 is 9.90 Å². The molecule has 4 nitrogen and oxygen atoms in total. The summed E-state index contributed by atoms with van der Waals surface area (Å²) in [6.45, 7) is 0.0390. The molecule has 0 saturated heterocycles. The quantitative estimate of drug-likeness (QED) is 0.772. The molecule has 0 fully saturated rings. The van der Waals surface area contributed by atoms with Gasteiger partial charge >= 0.3 is 0 Å². The van der Waals surface area contributed by atoms with Gasteiger partial charge in [-0.05, 0) is 42.3 Å². The molecule has 2 N–H and O–H groups in total. The van der Waals surface area contributed by atoms with E-state index in [1.165, 1.54) is 5.56 Å². The summed E-state index contributed by atoms with van der Waals surface area (Å²) in [5, 5.41) is 11.5. The molecule has 0 unspecified atom stereocenters. The second kappa shape index (κ2) is 8.44. The van der Waals surface area contributed by atoms with Crippen LogP contribution in [0.5, 0.6) is 0 Å². The van der Waals surface area contributed by atoms with E-state index in [0.717, 1.165) is 16.3 Å². The summed E-state index contributed by atoms with van der Waals surface area (Å²) < 4.78 is 0. The maximum absolute atomic E-state index is 11.5. The minimum Gasteiger partial charge on any atom is -0.396 e. The van der Waals surface area contributed by atoms with Gasteiger partial charge in [-0.15, -0.1) is 11.8 Å². The number of benzene rings is 1. The number of nitrogens with one attached hydrogen (secondary N) is 1. The van der Waals surface area contributed by atoms with E-state index in [-0.39, 0.29) is 12.5 Å². The monoisotopic (exact) mass is 302 g/mol. The molecular formula is C16H18N2O2S. The van der Waals surface area contributed by atoms with Gasteiger partial charge in [0.1, 0.15) is 0 Å². The van der Waals surface area contributed by atoms with E-state index in [4.69, 9.17) is 5.11 Å². The minimum absolute atomic E-state index is 0.0390. The van der Waals surface area contributed by atoms with E-state index in [0.29, 0.717) is 12.8 Å². The summed E-state index contributed by atoms with van der Waals surface area (Å²) >= 11 is 1.73. The molecule has 2 rings (SSSR count). The summed E-state index contributed by atoms with van der Waals surface area (Å²) in [5.41, 5.74) is 1.97. The number of pyridine rings is 1. The number of aliphatic hydroxyl groups excluding tert-OH is 1. The van der Waals surface area contributed by atoms with Gasteiger partial charge < -0.3 is 10.4 Å². The van der Waals surface area contributed by atoms with E-state index in [1.807, 2.05) is 36.5 Å². The standard InChI is InChI=1S/C16H18N2O2S/c19-10-2-4-16(20)18-14-5-7-15(8-6-14)21-12-13-3-1-9-17-11-13/h1,3,5-9,11,19H,2,4,10,12H2,(H,18,20). The minimum atomic E-state index is -0.0696. The van der Waals surface area contributed by atoms with Gasteiger partial charge in [0.25, 0.3) is 0 Å². The van der Waals surface area contributed by atoms with Crippen LogP contribution in [-0.2, 0) is 10.5 Å². The van der Waals surface area contributed by atoms with Crippen molar-refractivity contribution in [1.82, 2.24) is 4.98 Å². The lowest BCUT2D eigenvalue weighted by molar-refractivity contribution is -0.116. The number of rotatable bonds is 7. The average molecular weight is 302 g/mol. The zero-order valence-electron chi connectivity index (χ0n) is 11.7. The van der Waals surface area contributed by atoms with Crippen molar-refractivity contribution in [3.05, 3.63) is 54.4 Å². The Balaban J connectivity index is 1.83. The van der Waals surface area contributed by atoms with E-state index in [1.54, 1.807) is 18.0 Å². The second-order valence-corrected chi connectivity index (χ2v) is 5.60. The average Bonchev–Trinajstić information content (AvgIpc) is 2.53. The van der Waals surface area contributed by atoms with Gasteiger partial charge in [-0.3, -0.25) is 9.78 Å². The lowest BCUT2D eigenvalue weighted by atomic mass is 10.3. The molecule has 1 heterocycles. The lowest BCUT2D eigenvalue weighted by Crippen LogP contribution is -2.11. The number of amides is 1. The van der Waals surface area contributed by atoms with Crippen molar-refractivity contribution in [2.75, 3.05) is 11.9 Å². The molecule has 5 heteroatoms. The van der Waals surface area contributed by atoms with Crippen molar-refractivity contribution in [2.45, 2.75) is 23.5 Å². The van der Waals surface area contributed by atoms with Crippen molar-refractivity contribution >= 4 is 23.4 Å². The van der Waals surface area contributed by atoms with Crippen LogP contribution in [0.3, 0.4) is 0 Å². The van der Waals surface area contributed by atoms with Crippen LogP contribution < -0.4 is 5.32 Å². The zero-order chi connectivity index (χ0) is 14.9. The highest BCUT2D eigenvalue weighted by Gasteiger charge is 2.02. The third-order valence-electron chi connectivity index (χ3n) is 2.83. The number of carbonyl (C=O) groups is 1. The Kier molecular flexibility index (Phi) is 6.24. The largest absolute Gasteiger partial charge is 0.396 e. The summed E-state index contributed by atoms with van der Waals surface area (Å²) in [5.74, 6) is 0.801. The first-order chi connectivity index (χ1) is 10.3. The number of thioether (sulfide) groups is 1. The number of carbonyl (C=O) groups excluding carboxylic acids is 1. The summed E-state index contributed by atoms with van der Waals surface area (Å²) in [4.78, 5) is 16.8. The topological polar surface area (TPSA) is 62.2 Å². The van der Waals surface area contributed by atoms with Gasteiger partial charge in [0, 0.05) is 41.8 Å². The van der Waals surface area contributed by atoms with Gasteiger partial charge in [-0.1, -0.05) is 6.07 Å². The Labute approximate surface area is 128 Å². The smallest absolute Gasteiger partial charge is 0.224 e. The van der Waals surface area contributed by atoms with Crippen molar-refractivity contribution in [2.24, 2.45) is 0 Å². The van der Waals surface area contributed by atoms with Gasteiger partial charge in [-0.2, -0.15) is 0 Å². The first kappa shape index (κ1) is 15.5. The molecule has 0 aliphatic carbocycles. The van der Waals surface area contributed by atoms with E-state index >= 15 is 0 Å². The number of hydrogen-bond acceptors (Lipinski definition) is 4. The maximum Gasteiger partial charge on any atom is 0.224 e. The Morgan fingerprint density at radius 3 is 2.71 bits per heavy atom. The highest BCUT2D eigenvalue weighted by molar-refractivity contribution is 7.98. The molecule has 110 valence electrons. The number of anilines is 1. The zero-order valence-corrected chi connectivity index (χ0v) is 12.5. The van der Waals surface area contributed by atoms with Gasteiger partial charge in [-0.25, -0.2) is 0 Å². The van der Waals surface area contributed by atoms with E-state index < -0.39 is 0 Å². The first-order valence-corrected chi connectivity index (χ1v) is 7.79. The van der Waals surface area contributed by atoms with Crippen LogP contribution in [0.4, 0.5) is 5.69 Å². The fraction of sp³-hybridized carbons (Fsp3) is 0.250. The van der Waals surface area contributed by atoms with Crippen molar-refractivity contribution in [1.29, 1.82) is 0 Å². The Bertz CT molecular complexity index is 558. The SMILES string of the molecule is O=C(CCCO)Nc1ccc(SCc2cccnc2)cc1. The molecule has 1 amide bonds. The molecule has 2 aromatic rings. The summed E-state index contributed by atoms with van der Waals surface area (Å²) in [6, 6.07) is 11.7. The molecule has 0 aliphatic heterocycles. The van der Waals surface area contributed by atoms with Crippen LogP contribution in [0.15, 0.2) is 53.7 Å². The van der Waals surface area contributed by atoms with Gasteiger partial charge in [0.15, 0.2) is 0 Å². The lowest BCUT2D eigenvalue weighted by Gasteiger charge is -2.06. The molecular weight excluding hydrogens is 284 g/mol. The van der Waals surface area contributed by atoms with Crippen LogP contribution in [-0.4, -0.2) is 22.6 Å². The molecule has 0 atom stereocenters. The highest BCUT2D eigenvalue weighted by Crippen LogP contribution is 2.23. The number of aliphatic hydroxyl groups is 1. The molecule has 0 bridgehead atoms. The van der Waals surface area contributed by atoms with Crippen LogP contribution in [0.25, 0.3) is 0 Å². The van der Waals surface area contributed by atoms with E-state index in [9.17, 15) is 4.79 Å². The molecule has 0 spiro atoms. The van der Waals surface area contributed by atoms with Crippen LogP contribution in [0.2, 0.25) is 0 Å². The molecule has 0 radical (unpaired) electrons. The molecule has 1 aromatic heterocycles. The number of hydrogen-bond donors (Lipinski definition) is 2. The third kappa shape index (κ3) is 5.57. The Morgan fingerprint density at radius 1 is 1.24 bits per heavy atom. The first-order valence-electron chi connectivity index (χ1n) is 6.80. The van der Waals surface area contributed by atoms with Crippen LogP contribution in [0.1, 0.15) is 18.4 Å². The normalized spacial score (nSPS) is 10.3. The number of nitrogens with zero attached hydrogens (tertiary/aromatic N) is 1. The maximum atomic E-state index is 11.5. The highest BCUT2D eigenvalue weighted by atomic mass is 32.2. The Morgan fingerprint density at radius 2 is 2.05 bits per heavy atom. The predicted molar refractivity (Wildman–Crippen MR) is 85.2 cm³/mol. The second-order valence-electron chi connectivity index (χ2n) is 4.55. The van der Waals surface area contributed by atoms with Gasteiger partial charge in [0.2, 0.25) is 5.91 Å². The molecule has 1 aromatic carbocycles. The summed E-state index contributed by atoms with van der Waals surface area (Å²) in [7, 11) is 0. The van der Waals surface area contributed by atoms with E-state index in [2.05, 4.69) is 16.4 Å². The predicted octanol–water partition coefficient (Wildman–Crippen LogP) is 3.08. The van der Waals surface area contributed by atoms with Crippen molar-refractivity contribution in [3.8, 4) is 0 Å². The molecule has 21 heavy (non-hydrogen) atoms.